The van der Waals surface area contributed by atoms with Crippen molar-refractivity contribution in [1.29, 1.82) is 0 Å². The fourth-order valence-electron chi connectivity index (χ4n) is 4.90. The number of nitrogens with one attached hydrogen (secondary N) is 2. The molecule has 1 fully saturated rings. The van der Waals surface area contributed by atoms with Crippen molar-refractivity contribution in [3.05, 3.63) is 102 Å². The molecule has 9 nitrogen and oxygen atoms in total. The van der Waals surface area contributed by atoms with Crippen molar-refractivity contribution in [1.82, 2.24) is 4.90 Å². The molecule has 0 spiro atoms. The molecule has 2 amide bonds. The van der Waals surface area contributed by atoms with Gasteiger partial charge in [0.2, 0.25) is 11.8 Å². The van der Waals surface area contributed by atoms with Crippen molar-refractivity contribution in [2.24, 2.45) is 0 Å². The number of nitrogens with zero attached hydrogens (tertiary/aromatic N) is 1. The molecule has 0 saturated carbocycles. The third-order valence-corrected chi connectivity index (χ3v) is 7.06. The Hall–Kier alpha value is -4.02. The standard InChI is InChI=1S/C33H40N4O5/c1-3-18-37(2)21-27-20-30(24-16-14-23(22-38)15-17-24)42-33(41-27)25-8-6-9-26(19-25)35-31(39)12-7-13-32(40)36-29-11-5-4-10-28(29)34/h3-6,8-11,14-17,19,27,30,33,38H,1,7,12-13,18,20-22,34H2,2H3,(H,35,39)(H,36,40)/t27-,30+,33+/m0/s1. The van der Waals surface area contributed by atoms with Gasteiger partial charge in [0.05, 0.1) is 30.2 Å². The molecule has 1 aliphatic rings. The van der Waals surface area contributed by atoms with Crippen LogP contribution in [0.5, 0.6) is 0 Å². The van der Waals surface area contributed by atoms with Gasteiger partial charge in [-0.3, -0.25) is 9.59 Å². The number of ether oxygens (including phenoxy) is 2. The van der Waals surface area contributed by atoms with E-state index in [9.17, 15) is 14.7 Å². The number of amides is 2. The molecule has 42 heavy (non-hydrogen) atoms. The van der Waals surface area contributed by atoms with Crippen LogP contribution in [-0.4, -0.2) is 48.1 Å². The van der Waals surface area contributed by atoms with Crippen molar-refractivity contribution in [2.45, 2.75) is 50.8 Å². The maximum atomic E-state index is 12.7. The quantitative estimate of drug-likeness (QED) is 0.164. The van der Waals surface area contributed by atoms with Crippen LogP contribution in [0.1, 0.15) is 54.8 Å². The molecule has 5 N–H and O–H groups in total. The lowest BCUT2D eigenvalue weighted by Crippen LogP contribution is -2.37. The second-order valence-corrected chi connectivity index (χ2v) is 10.5. The number of nitrogens with two attached hydrogens (primary N) is 1. The molecule has 222 valence electrons. The van der Waals surface area contributed by atoms with Gasteiger partial charge in [0.15, 0.2) is 6.29 Å². The van der Waals surface area contributed by atoms with E-state index in [-0.39, 0.29) is 43.5 Å². The summed E-state index contributed by atoms with van der Waals surface area (Å²) < 4.78 is 12.8. The highest BCUT2D eigenvalue weighted by Crippen LogP contribution is 2.38. The minimum Gasteiger partial charge on any atom is -0.397 e. The first-order valence-electron chi connectivity index (χ1n) is 14.2. The Morgan fingerprint density at radius 2 is 1.74 bits per heavy atom. The number of carbonyl (C=O) groups excluding carboxylic acids is 2. The number of rotatable bonds is 13. The SMILES string of the molecule is C=CCN(C)C[C@@H]1C[C@H](c2ccc(CO)cc2)O[C@H](c2cccc(NC(=O)CCCC(=O)Nc3ccccc3N)c2)O1. The number of hydrogen-bond donors (Lipinski definition) is 4. The number of likely N-dealkylation sites (N-methyl/N-ethyl adjacent to an activating group) is 1. The third kappa shape index (κ3) is 8.99. The van der Waals surface area contributed by atoms with Gasteiger partial charge < -0.3 is 35.8 Å². The molecule has 0 bridgehead atoms. The van der Waals surface area contributed by atoms with Crippen LogP contribution in [0.3, 0.4) is 0 Å². The van der Waals surface area contributed by atoms with E-state index in [1.165, 1.54) is 0 Å². The smallest absolute Gasteiger partial charge is 0.224 e. The van der Waals surface area contributed by atoms with E-state index >= 15 is 0 Å². The summed E-state index contributed by atoms with van der Waals surface area (Å²) in [5.41, 5.74) is 10.2. The summed E-state index contributed by atoms with van der Waals surface area (Å²) in [5.74, 6) is -0.376. The molecule has 0 aliphatic carbocycles. The highest BCUT2D eigenvalue weighted by Gasteiger charge is 2.32. The molecule has 1 aliphatic heterocycles. The van der Waals surface area contributed by atoms with E-state index in [1.54, 1.807) is 24.3 Å². The average Bonchev–Trinajstić information content (AvgIpc) is 2.98. The monoisotopic (exact) mass is 572 g/mol. The van der Waals surface area contributed by atoms with Crippen LogP contribution in [0.15, 0.2) is 85.5 Å². The Bertz CT molecular complexity index is 1350. The Labute approximate surface area is 247 Å². The Morgan fingerprint density at radius 3 is 2.45 bits per heavy atom. The molecule has 3 aromatic rings. The van der Waals surface area contributed by atoms with Gasteiger partial charge in [-0.25, -0.2) is 0 Å². The molecule has 1 saturated heterocycles. The molecular weight excluding hydrogens is 532 g/mol. The molecule has 1 heterocycles. The van der Waals surface area contributed by atoms with Gasteiger partial charge in [-0.05, 0) is 48.9 Å². The first-order chi connectivity index (χ1) is 20.3. The van der Waals surface area contributed by atoms with Gasteiger partial charge in [-0.1, -0.05) is 54.6 Å². The van der Waals surface area contributed by atoms with Gasteiger partial charge in [0, 0.05) is 43.6 Å². The Balaban J connectivity index is 1.37. The summed E-state index contributed by atoms with van der Waals surface area (Å²) in [6.45, 7) is 5.26. The zero-order valence-electron chi connectivity index (χ0n) is 24.0. The predicted octanol–water partition coefficient (Wildman–Crippen LogP) is 5.17. The fourth-order valence-corrected chi connectivity index (χ4v) is 4.90. The third-order valence-electron chi connectivity index (χ3n) is 7.06. The fraction of sp³-hybridized carbons (Fsp3) is 0.333. The second-order valence-electron chi connectivity index (χ2n) is 10.5. The summed E-state index contributed by atoms with van der Waals surface area (Å²) >= 11 is 0. The number of carbonyl (C=O) groups is 2. The van der Waals surface area contributed by atoms with Crippen LogP contribution in [0, 0.1) is 0 Å². The number of benzene rings is 3. The van der Waals surface area contributed by atoms with Crippen molar-refractivity contribution < 1.29 is 24.2 Å². The van der Waals surface area contributed by atoms with E-state index in [1.807, 2.05) is 61.7 Å². The van der Waals surface area contributed by atoms with Crippen molar-refractivity contribution >= 4 is 28.9 Å². The summed E-state index contributed by atoms with van der Waals surface area (Å²) in [6.07, 6.45) is 2.41. The lowest BCUT2D eigenvalue weighted by atomic mass is 9.99. The van der Waals surface area contributed by atoms with Crippen LogP contribution >= 0.6 is 0 Å². The normalized spacial score (nSPS) is 18.4. The van der Waals surface area contributed by atoms with Crippen LogP contribution in [0.4, 0.5) is 17.1 Å². The van der Waals surface area contributed by atoms with E-state index in [4.69, 9.17) is 15.2 Å². The molecule has 3 aromatic carbocycles. The van der Waals surface area contributed by atoms with E-state index in [0.717, 1.165) is 23.2 Å². The van der Waals surface area contributed by atoms with E-state index < -0.39 is 6.29 Å². The van der Waals surface area contributed by atoms with Crippen LogP contribution in [0.25, 0.3) is 0 Å². The topological polar surface area (TPSA) is 126 Å². The van der Waals surface area contributed by atoms with E-state index in [2.05, 4.69) is 22.1 Å². The molecule has 0 radical (unpaired) electrons. The number of hydrogen-bond acceptors (Lipinski definition) is 7. The van der Waals surface area contributed by atoms with Crippen LogP contribution < -0.4 is 16.4 Å². The van der Waals surface area contributed by atoms with E-state index in [0.29, 0.717) is 36.4 Å². The molecule has 3 atom stereocenters. The first-order valence-corrected chi connectivity index (χ1v) is 14.2. The van der Waals surface area contributed by atoms with Gasteiger partial charge >= 0.3 is 0 Å². The number of anilines is 3. The van der Waals surface area contributed by atoms with Gasteiger partial charge in [0.1, 0.15) is 0 Å². The van der Waals surface area contributed by atoms with Gasteiger partial charge in [-0.15, -0.1) is 6.58 Å². The van der Waals surface area contributed by atoms with Gasteiger partial charge in [0.25, 0.3) is 0 Å². The maximum Gasteiger partial charge on any atom is 0.224 e. The Morgan fingerprint density at radius 1 is 1.00 bits per heavy atom. The number of aliphatic hydroxyl groups excluding tert-OH is 1. The molecule has 4 rings (SSSR count). The first kappa shape index (κ1) is 30.9. The van der Waals surface area contributed by atoms with Crippen molar-refractivity contribution in [2.75, 3.05) is 36.5 Å². The summed E-state index contributed by atoms with van der Waals surface area (Å²) in [5, 5.41) is 15.1. The minimum absolute atomic E-state index is 0.0129. The highest BCUT2D eigenvalue weighted by atomic mass is 16.7. The molecule has 0 aromatic heterocycles. The largest absolute Gasteiger partial charge is 0.397 e. The van der Waals surface area contributed by atoms with Gasteiger partial charge in [-0.2, -0.15) is 0 Å². The number of para-hydroxylation sites is 2. The minimum atomic E-state index is -0.630. The van der Waals surface area contributed by atoms with Crippen LogP contribution in [-0.2, 0) is 25.7 Å². The highest BCUT2D eigenvalue weighted by molar-refractivity contribution is 5.94. The summed E-state index contributed by atoms with van der Waals surface area (Å²) in [4.78, 5) is 27.1. The Kier molecular flexibility index (Phi) is 11.2. The second kappa shape index (κ2) is 15.3. The lowest BCUT2D eigenvalue weighted by molar-refractivity contribution is -0.252. The summed E-state index contributed by atoms with van der Waals surface area (Å²) in [6, 6.07) is 22.3. The predicted molar refractivity (Wildman–Crippen MR) is 165 cm³/mol. The zero-order valence-corrected chi connectivity index (χ0v) is 24.0. The zero-order chi connectivity index (χ0) is 29.9. The molecular formula is C33H40N4O5. The van der Waals surface area contributed by atoms with Crippen LogP contribution in [0.2, 0.25) is 0 Å². The molecule has 0 unspecified atom stereocenters. The summed E-state index contributed by atoms with van der Waals surface area (Å²) in [7, 11) is 2.03. The van der Waals surface area contributed by atoms with Crippen molar-refractivity contribution in [3.63, 3.8) is 0 Å². The number of nitrogen functional groups attached to an aromatic ring is 1. The molecule has 9 heteroatoms. The lowest BCUT2D eigenvalue weighted by Gasteiger charge is -2.37. The number of aliphatic hydroxyl groups is 1. The maximum absolute atomic E-state index is 12.7. The average molecular weight is 573 g/mol. The van der Waals surface area contributed by atoms with Crippen molar-refractivity contribution in [3.8, 4) is 0 Å².